The average molecular weight is 345 g/mol. The first-order chi connectivity index (χ1) is 11.2. The zero-order valence-corrected chi connectivity index (χ0v) is 14.7. The molecule has 120 valence electrons. The number of rotatable bonds is 6. The molecule has 0 radical (unpaired) electrons. The maximum Gasteiger partial charge on any atom is 0.263 e. The van der Waals surface area contributed by atoms with Crippen LogP contribution in [0.3, 0.4) is 0 Å². The van der Waals surface area contributed by atoms with Crippen LogP contribution in [0.5, 0.6) is 0 Å². The summed E-state index contributed by atoms with van der Waals surface area (Å²) in [5.74, 6) is -0.0224. The first kappa shape index (κ1) is 16.0. The molecule has 0 fully saturated rings. The molecule has 0 aliphatic rings. The van der Waals surface area contributed by atoms with Gasteiger partial charge >= 0.3 is 0 Å². The maximum atomic E-state index is 12.6. The van der Waals surface area contributed by atoms with Gasteiger partial charge in [0.25, 0.3) is 5.91 Å². The molecular formula is C17H19N3OS2. The van der Waals surface area contributed by atoms with Gasteiger partial charge in [0.05, 0.1) is 11.7 Å². The quantitative estimate of drug-likeness (QED) is 0.741. The Labute approximate surface area is 144 Å². The van der Waals surface area contributed by atoms with Crippen LogP contribution >= 0.6 is 22.7 Å². The summed E-state index contributed by atoms with van der Waals surface area (Å²) >= 11 is 3.15. The van der Waals surface area contributed by atoms with Crippen LogP contribution in [0.2, 0.25) is 0 Å². The van der Waals surface area contributed by atoms with E-state index in [9.17, 15) is 4.79 Å². The highest BCUT2D eigenvalue weighted by Crippen LogP contribution is 2.23. The fourth-order valence-corrected chi connectivity index (χ4v) is 4.02. The summed E-state index contributed by atoms with van der Waals surface area (Å²) in [4.78, 5) is 15.5. The number of thiophene rings is 2. The minimum absolute atomic E-state index is 0.0224. The Morgan fingerprint density at radius 1 is 1.26 bits per heavy atom. The molecule has 0 saturated carbocycles. The van der Waals surface area contributed by atoms with E-state index in [1.54, 1.807) is 11.3 Å². The van der Waals surface area contributed by atoms with Crippen molar-refractivity contribution < 1.29 is 4.79 Å². The molecule has 0 aliphatic carbocycles. The van der Waals surface area contributed by atoms with Crippen molar-refractivity contribution in [2.75, 3.05) is 20.6 Å². The highest BCUT2D eigenvalue weighted by atomic mass is 32.1. The van der Waals surface area contributed by atoms with Crippen LogP contribution in [0.15, 0.2) is 52.8 Å². The minimum Gasteiger partial charge on any atom is -0.349 e. The van der Waals surface area contributed by atoms with Crippen LogP contribution in [-0.2, 0) is 0 Å². The van der Waals surface area contributed by atoms with Gasteiger partial charge in [-0.15, -0.1) is 11.3 Å². The van der Waals surface area contributed by atoms with Crippen molar-refractivity contribution in [1.82, 2.24) is 14.8 Å². The molecule has 3 aromatic heterocycles. The van der Waals surface area contributed by atoms with Crippen molar-refractivity contribution in [3.05, 3.63) is 63.2 Å². The molecule has 1 N–H and O–H groups in total. The topological polar surface area (TPSA) is 37.3 Å². The number of carbonyl (C=O) groups is 1. The summed E-state index contributed by atoms with van der Waals surface area (Å²) in [6.45, 7) is 0.589. The fraction of sp³-hybridized carbons (Fsp3) is 0.235. The lowest BCUT2D eigenvalue weighted by atomic mass is 10.1. The largest absolute Gasteiger partial charge is 0.349 e. The van der Waals surface area contributed by atoms with Gasteiger partial charge < -0.3 is 14.8 Å². The number of nitrogens with one attached hydrogen (secondary N) is 1. The van der Waals surface area contributed by atoms with Crippen molar-refractivity contribution in [3.63, 3.8) is 0 Å². The lowest BCUT2D eigenvalue weighted by Crippen LogP contribution is -2.34. The summed E-state index contributed by atoms with van der Waals surface area (Å²) in [6.07, 6.45) is 3.90. The molecule has 0 aliphatic heterocycles. The summed E-state index contributed by atoms with van der Waals surface area (Å²) in [6, 6.07) is 8.18. The van der Waals surface area contributed by atoms with Crippen LogP contribution in [0.1, 0.15) is 21.3 Å². The first-order valence-electron chi connectivity index (χ1n) is 7.34. The van der Waals surface area contributed by atoms with Gasteiger partial charge in [-0.05, 0) is 60.1 Å². The van der Waals surface area contributed by atoms with Gasteiger partial charge in [-0.2, -0.15) is 11.3 Å². The van der Waals surface area contributed by atoms with E-state index in [4.69, 9.17) is 0 Å². The summed E-state index contributed by atoms with van der Waals surface area (Å²) in [7, 11) is 4.07. The molecule has 1 atom stereocenters. The fourth-order valence-electron chi connectivity index (χ4n) is 2.50. The normalized spacial score (nSPS) is 12.5. The van der Waals surface area contributed by atoms with Crippen LogP contribution < -0.4 is 5.32 Å². The molecule has 3 heterocycles. The predicted octanol–water partition coefficient (Wildman–Crippen LogP) is 3.63. The summed E-state index contributed by atoms with van der Waals surface area (Å²) in [5.41, 5.74) is 2.16. The Hall–Kier alpha value is -1.89. The lowest BCUT2D eigenvalue weighted by Gasteiger charge is -2.24. The molecule has 0 bridgehead atoms. The Morgan fingerprint density at radius 2 is 2.04 bits per heavy atom. The van der Waals surface area contributed by atoms with Crippen LogP contribution in [0.4, 0.5) is 0 Å². The van der Waals surface area contributed by atoms with Crippen molar-refractivity contribution >= 4 is 28.6 Å². The third kappa shape index (κ3) is 3.55. The third-order valence-electron chi connectivity index (χ3n) is 3.74. The Balaban J connectivity index is 1.72. The highest BCUT2D eigenvalue weighted by Gasteiger charge is 2.18. The molecule has 3 aromatic rings. The third-order valence-corrected chi connectivity index (χ3v) is 5.34. The van der Waals surface area contributed by atoms with Crippen molar-refractivity contribution in [2.45, 2.75) is 6.04 Å². The Morgan fingerprint density at radius 3 is 2.70 bits per heavy atom. The standard InChI is InChI=1S/C17H19N3OS2/c1-19(2)15(13-5-9-22-12-13)11-18-17(21)16-14(6-10-23-16)20-7-3-4-8-20/h3-10,12,15H,11H2,1-2H3,(H,18,21)/t15-/m0/s1. The predicted molar refractivity (Wildman–Crippen MR) is 96.7 cm³/mol. The summed E-state index contributed by atoms with van der Waals surface area (Å²) < 4.78 is 1.97. The van der Waals surface area contributed by atoms with E-state index in [0.29, 0.717) is 6.54 Å². The van der Waals surface area contributed by atoms with Gasteiger partial charge in [-0.1, -0.05) is 0 Å². The van der Waals surface area contributed by atoms with E-state index in [1.807, 2.05) is 54.6 Å². The molecule has 0 spiro atoms. The zero-order chi connectivity index (χ0) is 16.2. The van der Waals surface area contributed by atoms with Crippen molar-refractivity contribution in [3.8, 4) is 5.69 Å². The zero-order valence-electron chi connectivity index (χ0n) is 13.1. The van der Waals surface area contributed by atoms with E-state index in [0.717, 1.165) is 10.6 Å². The van der Waals surface area contributed by atoms with E-state index >= 15 is 0 Å². The Kier molecular flexibility index (Phi) is 4.95. The number of amides is 1. The van der Waals surface area contributed by atoms with Gasteiger partial charge in [0.15, 0.2) is 0 Å². The van der Waals surface area contributed by atoms with Crippen LogP contribution in [-0.4, -0.2) is 36.0 Å². The molecule has 23 heavy (non-hydrogen) atoms. The number of aromatic nitrogens is 1. The van der Waals surface area contributed by atoms with Gasteiger partial charge in [0, 0.05) is 18.9 Å². The molecule has 0 saturated heterocycles. The number of nitrogens with zero attached hydrogens (tertiary/aromatic N) is 2. The Bertz CT molecular complexity index is 745. The van der Waals surface area contributed by atoms with Gasteiger partial charge in [-0.3, -0.25) is 4.79 Å². The highest BCUT2D eigenvalue weighted by molar-refractivity contribution is 7.12. The summed E-state index contributed by atoms with van der Waals surface area (Å²) in [5, 5.41) is 9.23. The number of carbonyl (C=O) groups excluding carboxylic acids is 1. The lowest BCUT2D eigenvalue weighted by molar-refractivity contribution is 0.0946. The molecule has 6 heteroatoms. The number of likely N-dealkylation sites (N-methyl/N-ethyl adjacent to an activating group) is 1. The molecular weight excluding hydrogens is 326 g/mol. The second-order valence-corrected chi connectivity index (χ2v) is 7.17. The van der Waals surface area contributed by atoms with Crippen molar-refractivity contribution in [1.29, 1.82) is 0 Å². The van der Waals surface area contributed by atoms with Gasteiger partial charge in [0.1, 0.15) is 4.88 Å². The first-order valence-corrected chi connectivity index (χ1v) is 9.16. The number of hydrogen-bond donors (Lipinski definition) is 1. The molecule has 3 rings (SSSR count). The molecule has 0 aromatic carbocycles. The molecule has 1 amide bonds. The average Bonchev–Trinajstić information content (AvgIpc) is 3.27. The van der Waals surface area contributed by atoms with Crippen LogP contribution in [0, 0.1) is 0 Å². The smallest absolute Gasteiger partial charge is 0.263 e. The minimum atomic E-state index is -0.0224. The van der Waals surface area contributed by atoms with E-state index in [-0.39, 0.29) is 11.9 Å². The second-order valence-electron chi connectivity index (χ2n) is 5.47. The van der Waals surface area contributed by atoms with E-state index in [2.05, 4.69) is 27.0 Å². The number of hydrogen-bond acceptors (Lipinski definition) is 4. The second kappa shape index (κ2) is 7.12. The SMILES string of the molecule is CN(C)[C@@H](CNC(=O)c1sccc1-n1cccc1)c1ccsc1. The monoisotopic (exact) mass is 345 g/mol. The maximum absolute atomic E-state index is 12.6. The van der Waals surface area contributed by atoms with Gasteiger partial charge in [-0.25, -0.2) is 0 Å². The molecule has 0 unspecified atom stereocenters. The van der Waals surface area contributed by atoms with Crippen molar-refractivity contribution in [2.24, 2.45) is 0 Å². The van der Waals surface area contributed by atoms with Crippen LogP contribution in [0.25, 0.3) is 5.69 Å². The van der Waals surface area contributed by atoms with Gasteiger partial charge in [0.2, 0.25) is 0 Å². The molecule has 4 nitrogen and oxygen atoms in total. The van der Waals surface area contributed by atoms with E-state index in [1.165, 1.54) is 16.9 Å². The van der Waals surface area contributed by atoms with E-state index < -0.39 is 0 Å².